The van der Waals surface area contributed by atoms with Gasteiger partial charge in [0.1, 0.15) is 5.78 Å². The molecule has 4 heteroatoms. The number of terminal acetylenes is 1. The van der Waals surface area contributed by atoms with Crippen LogP contribution in [0.1, 0.15) is 71.4 Å². The van der Waals surface area contributed by atoms with E-state index >= 15 is 0 Å². The van der Waals surface area contributed by atoms with Crippen molar-refractivity contribution in [3.05, 3.63) is 69.8 Å². The summed E-state index contributed by atoms with van der Waals surface area (Å²) >= 11 is 0. The molecule has 0 saturated carbocycles. The third-order valence-corrected chi connectivity index (χ3v) is 7.84. The van der Waals surface area contributed by atoms with E-state index in [0.29, 0.717) is 25.0 Å². The standard InChI is InChI=1S/C27H32O3S/c1-4-5-6-9-25-26(28)15-14-24-18-23(17-21(3)27(24)25)8-7-16-31(29,30)19-22-12-10-20(2)11-13-22/h1,10-13,17-18,25H,5-9,14-16,19H2,2-3H3. The number of aryl methyl sites for hydroxylation is 4. The number of fused-ring (bicyclic) bond motifs is 1. The van der Waals surface area contributed by atoms with Gasteiger partial charge >= 0.3 is 0 Å². The lowest BCUT2D eigenvalue weighted by atomic mass is 9.76. The van der Waals surface area contributed by atoms with Crippen LogP contribution in [0.25, 0.3) is 0 Å². The van der Waals surface area contributed by atoms with Crippen molar-refractivity contribution in [2.75, 3.05) is 5.75 Å². The third-order valence-electron chi connectivity index (χ3n) is 6.15. The fraction of sp³-hybridized carbons (Fsp3) is 0.444. The summed E-state index contributed by atoms with van der Waals surface area (Å²) in [5.41, 5.74) is 6.72. The van der Waals surface area contributed by atoms with E-state index in [1.54, 1.807) is 0 Å². The van der Waals surface area contributed by atoms with Gasteiger partial charge in [-0.25, -0.2) is 8.42 Å². The SMILES string of the molecule is C#CCCCC1C(=O)CCc2cc(CCCS(=O)(=O)Cc3ccc(C)cc3)cc(C)c21. The normalized spacial score (nSPS) is 16.0. The molecule has 2 aromatic rings. The molecule has 1 aliphatic carbocycles. The third kappa shape index (κ3) is 6.31. The smallest absolute Gasteiger partial charge is 0.154 e. The highest BCUT2D eigenvalue weighted by atomic mass is 32.2. The zero-order chi connectivity index (χ0) is 22.4. The minimum atomic E-state index is -3.13. The Morgan fingerprint density at radius 3 is 2.48 bits per heavy atom. The molecule has 2 aromatic carbocycles. The van der Waals surface area contributed by atoms with E-state index in [0.717, 1.165) is 42.4 Å². The first-order chi connectivity index (χ1) is 14.8. The van der Waals surface area contributed by atoms with Crippen LogP contribution in [-0.4, -0.2) is 20.0 Å². The number of unbranched alkanes of at least 4 members (excludes halogenated alkanes) is 1. The average Bonchev–Trinajstić information content (AvgIpc) is 2.71. The van der Waals surface area contributed by atoms with Crippen LogP contribution in [-0.2, 0) is 33.2 Å². The van der Waals surface area contributed by atoms with Crippen LogP contribution in [0.3, 0.4) is 0 Å². The van der Waals surface area contributed by atoms with Crippen molar-refractivity contribution < 1.29 is 13.2 Å². The van der Waals surface area contributed by atoms with Gasteiger partial charge in [-0.1, -0.05) is 42.0 Å². The molecule has 0 fully saturated rings. The van der Waals surface area contributed by atoms with Gasteiger partial charge in [0.25, 0.3) is 0 Å². The Kier molecular flexibility index (Phi) is 7.73. The molecule has 0 N–H and O–H groups in total. The number of sulfone groups is 1. The van der Waals surface area contributed by atoms with Gasteiger partial charge < -0.3 is 0 Å². The molecule has 3 nitrogen and oxygen atoms in total. The van der Waals surface area contributed by atoms with Gasteiger partial charge in [0.05, 0.1) is 11.5 Å². The summed E-state index contributed by atoms with van der Waals surface area (Å²) < 4.78 is 25.1. The lowest BCUT2D eigenvalue weighted by Gasteiger charge is -2.27. The van der Waals surface area contributed by atoms with Crippen LogP contribution >= 0.6 is 0 Å². The molecule has 0 saturated heterocycles. The average molecular weight is 437 g/mol. The Hall–Kier alpha value is -2.38. The molecular formula is C27H32O3S. The minimum absolute atomic E-state index is 0.0407. The Morgan fingerprint density at radius 1 is 1.03 bits per heavy atom. The lowest BCUT2D eigenvalue weighted by Crippen LogP contribution is -2.22. The number of hydrogen-bond acceptors (Lipinski definition) is 3. The predicted octanol–water partition coefficient (Wildman–Crippen LogP) is 5.25. The first-order valence-corrected chi connectivity index (χ1v) is 13.0. The van der Waals surface area contributed by atoms with E-state index in [1.165, 1.54) is 16.7 Å². The van der Waals surface area contributed by atoms with Crippen molar-refractivity contribution in [1.29, 1.82) is 0 Å². The second kappa shape index (κ2) is 10.3. The van der Waals surface area contributed by atoms with Crippen LogP contribution in [0.15, 0.2) is 36.4 Å². The minimum Gasteiger partial charge on any atom is -0.299 e. The van der Waals surface area contributed by atoms with E-state index in [1.807, 2.05) is 31.2 Å². The van der Waals surface area contributed by atoms with E-state index < -0.39 is 9.84 Å². The fourth-order valence-corrected chi connectivity index (χ4v) is 6.04. The maximum absolute atomic E-state index is 12.5. The molecule has 0 bridgehead atoms. The Balaban J connectivity index is 1.64. The molecule has 3 rings (SSSR count). The summed E-state index contributed by atoms with van der Waals surface area (Å²) in [5.74, 6) is 3.22. The number of ketones is 1. The summed E-state index contributed by atoms with van der Waals surface area (Å²) in [6.45, 7) is 4.07. The van der Waals surface area contributed by atoms with Gasteiger partial charge in [0.2, 0.25) is 0 Å². The Morgan fingerprint density at radius 2 is 1.77 bits per heavy atom. The second-order valence-electron chi connectivity index (χ2n) is 8.78. The van der Waals surface area contributed by atoms with Crippen molar-refractivity contribution in [2.24, 2.45) is 0 Å². The van der Waals surface area contributed by atoms with Crippen LogP contribution < -0.4 is 0 Å². The number of carbonyl (C=O) groups is 1. The lowest BCUT2D eigenvalue weighted by molar-refractivity contribution is -0.121. The summed E-state index contributed by atoms with van der Waals surface area (Å²) in [5, 5.41) is 0. The molecule has 0 amide bonds. The first kappa shape index (κ1) is 23.3. The quantitative estimate of drug-likeness (QED) is 0.398. The van der Waals surface area contributed by atoms with Crippen molar-refractivity contribution in [3.8, 4) is 12.3 Å². The predicted molar refractivity (Wildman–Crippen MR) is 127 cm³/mol. The molecule has 31 heavy (non-hydrogen) atoms. The molecule has 1 aliphatic rings. The largest absolute Gasteiger partial charge is 0.299 e. The Bertz CT molecular complexity index is 1070. The zero-order valence-corrected chi connectivity index (χ0v) is 19.4. The van der Waals surface area contributed by atoms with Crippen molar-refractivity contribution >= 4 is 15.6 Å². The van der Waals surface area contributed by atoms with Crippen LogP contribution in [0.4, 0.5) is 0 Å². The number of Topliss-reactive ketones (excluding diaryl/α,β-unsaturated/α-hetero) is 1. The number of hydrogen-bond donors (Lipinski definition) is 0. The maximum atomic E-state index is 12.5. The summed E-state index contributed by atoms with van der Waals surface area (Å²) in [6.07, 6.45) is 10.5. The molecule has 1 atom stereocenters. The van der Waals surface area contributed by atoms with E-state index in [9.17, 15) is 13.2 Å². The van der Waals surface area contributed by atoms with Crippen LogP contribution in [0, 0.1) is 26.2 Å². The van der Waals surface area contributed by atoms with Crippen LogP contribution in [0.2, 0.25) is 0 Å². The van der Waals surface area contributed by atoms with Crippen LogP contribution in [0.5, 0.6) is 0 Å². The topological polar surface area (TPSA) is 51.2 Å². The molecular weight excluding hydrogens is 404 g/mol. The fourth-order valence-electron chi connectivity index (χ4n) is 4.62. The van der Waals surface area contributed by atoms with Gasteiger partial charge in [-0.15, -0.1) is 12.3 Å². The Labute approximate surface area is 187 Å². The maximum Gasteiger partial charge on any atom is 0.154 e. The highest BCUT2D eigenvalue weighted by molar-refractivity contribution is 7.90. The monoisotopic (exact) mass is 436 g/mol. The highest BCUT2D eigenvalue weighted by Crippen LogP contribution is 2.36. The zero-order valence-electron chi connectivity index (χ0n) is 18.6. The summed E-state index contributed by atoms with van der Waals surface area (Å²) in [4.78, 5) is 12.5. The van der Waals surface area contributed by atoms with Gasteiger partial charge in [0.15, 0.2) is 9.84 Å². The van der Waals surface area contributed by atoms with Gasteiger partial charge in [-0.2, -0.15) is 0 Å². The molecule has 164 valence electrons. The van der Waals surface area contributed by atoms with E-state index in [2.05, 4.69) is 25.0 Å². The molecule has 0 aromatic heterocycles. The number of rotatable bonds is 9. The van der Waals surface area contributed by atoms with Crippen molar-refractivity contribution in [3.63, 3.8) is 0 Å². The summed E-state index contributed by atoms with van der Waals surface area (Å²) in [7, 11) is -3.13. The number of benzene rings is 2. The molecule has 0 heterocycles. The van der Waals surface area contributed by atoms with Gasteiger partial charge in [0, 0.05) is 18.8 Å². The van der Waals surface area contributed by atoms with E-state index in [4.69, 9.17) is 6.42 Å². The van der Waals surface area contributed by atoms with Gasteiger partial charge in [-0.3, -0.25) is 4.79 Å². The summed E-state index contributed by atoms with van der Waals surface area (Å²) in [6, 6.07) is 12.0. The number of carbonyl (C=O) groups excluding carboxylic acids is 1. The van der Waals surface area contributed by atoms with E-state index in [-0.39, 0.29) is 17.4 Å². The molecule has 0 radical (unpaired) electrons. The highest BCUT2D eigenvalue weighted by Gasteiger charge is 2.28. The van der Waals surface area contributed by atoms with Crippen molar-refractivity contribution in [1.82, 2.24) is 0 Å². The second-order valence-corrected chi connectivity index (χ2v) is 11.0. The molecule has 0 aliphatic heterocycles. The molecule has 1 unspecified atom stereocenters. The van der Waals surface area contributed by atoms with Crippen molar-refractivity contribution in [2.45, 2.75) is 70.5 Å². The van der Waals surface area contributed by atoms with Gasteiger partial charge in [-0.05, 0) is 73.8 Å². The molecule has 0 spiro atoms. The first-order valence-electron chi connectivity index (χ1n) is 11.1.